The summed E-state index contributed by atoms with van der Waals surface area (Å²) in [4.78, 5) is 18.5. The Kier molecular flexibility index (Phi) is 35.1. The Morgan fingerprint density at radius 2 is 0.583 bits per heavy atom. The van der Waals surface area contributed by atoms with E-state index < -0.39 is 38.1 Å². The predicted molar refractivity (Wildman–Crippen MR) is 209 cm³/mol. The molecule has 0 aromatic heterocycles. The monoisotopic (exact) mass is 756 g/mol. The van der Waals surface area contributed by atoms with Crippen LogP contribution >= 0.6 is 0 Å². The minimum Gasteiger partial charge on any atom is -0.357 e. The van der Waals surface area contributed by atoms with Crippen molar-refractivity contribution < 1.29 is 42.7 Å². The molecule has 15 heteroatoms. The Hall–Kier alpha value is -0.182. The van der Waals surface area contributed by atoms with Gasteiger partial charge in [-0.05, 0) is 81.1 Å². The van der Waals surface area contributed by atoms with Gasteiger partial charge in [-0.3, -0.25) is 0 Å². The predicted octanol–water partition coefficient (Wildman–Crippen LogP) is 3.05. The largest absolute Gasteiger partial charge is 0.357 e. The second-order valence-electron chi connectivity index (χ2n) is 11.6. The molecule has 2 amide bonds. The second kappa shape index (κ2) is 35.2. The summed E-state index contributed by atoms with van der Waals surface area (Å²) in [6, 6.07) is 4.52. The smallest absolute Gasteiger partial charge is 0.319 e. The van der Waals surface area contributed by atoms with Gasteiger partial charge in [-0.2, -0.15) is 0 Å². The molecule has 0 saturated carbocycles. The summed E-state index contributed by atoms with van der Waals surface area (Å²) in [5.74, 6) is -0.154. The van der Waals surface area contributed by atoms with Crippen LogP contribution in [0, 0.1) is 0 Å². The van der Waals surface area contributed by atoms with E-state index in [2.05, 4.69) is 9.80 Å². The van der Waals surface area contributed by atoms with Crippen LogP contribution in [0.4, 0.5) is 4.79 Å². The highest BCUT2D eigenvalue weighted by Gasteiger charge is 2.22. The zero-order chi connectivity index (χ0) is 35.7. The zero-order valence-electron chi connectivity index (χ0n) is 32.3. The van der Waals surface area contributed by atoms with Crippen LogP contribution in [-0.2, 0) is 37.9 Å². The Morgan fingerprint density at radius 3 is 0.750 bits per heavy atom. The number of nitrogens with zero attached hydrogens (tertiary/aromatic N) is 2. The summed E-state index contributed by atoms with van der Waals surface area (Å²) in [5.41, 5.74) is 0. The Labute approximate surface area is 303 Å². The first kappa shape index (κ1) is 47.8. The molecule has 0 rings (SSSR count). The maximum absolute atomic E-state index is 14.3. The molecule has 288 valence electrons. The normalized spacial score (nSPS) is 12.9. The molecular formula is C33H76N2O9Si4. The van der Waals surface area contributed by atoms with Crippen molar-refractivity contribution in [2.75, 3.05) is 79.0 Å². The van der Waals surface area contributed by atoms with Crippen LogP contribution in [-0.4, -0.2) is 157 Å². The van der Waals surface area contributed by atoms with Gasteiger partial charge >= 0.3 is 6.03 Å². The maximum atomic E-state index is 14.3. The average Bonchev–Trinajstić information content (AvgIpc) is 3.07. The molecule has 0 N–H and O–H groups in total. The number of carbonyl (C=O) groups is 1. The molecule has 0 heterocycles. The quantitative estimate of drug-likeness (QED) is 0.0544. The van der Waals surface area contributed by atoms with Crippen LogP contribution in [0.2, 0.25) is 24.2 Å². The highest BCUT2D eigenvalue weighted by atomic mass is 28.2. The van der Waals surface area contributed by atoms with E-state index in [1.54, 1.807) is 0 Å². The standard InChI is InChI=1S/C33H76N2O9Si4/c1-9-37-30(38-10-2)45-25-17-21-34(22-18-26-46-31(39-11-3)40-12-4)29(36)35(23-19-27-47-32(41-13-5)42-14-6)24-20-28-48-33(43-15-7)44-16-8/h30-33H,9-28,45-48H2,1-8H3. The van der Waals surface area contributed by atoms with Crippen molar-refractivity contribution in [1.82, 2.24) is 9.80 Å². The summed E-state index contributed by atoms with van der Waals surface area (Å²) in [6.07, 6.45) is 3.92. The van der Waals surface area contributed by atoms with Gasteiger partial charge in [0.1, 0.15) is 23.7 Å². The van der Waals surface area contributed by atoms with Crippen LogP contribution in [0.3, 0.4) is 0 Å². The fraction of sp³-hybridized carbons (Fsp3) is 0.970. The highest BCUT2D eigenvalue weighted by Crippen LogP contribution is 2.12. The third-order valence-corrected chi connectivity index (χ3v) is 15.2. The van der Waals surface area contributed by atoms with Crippen molar-refractivity contribution in [3.05, 3.63) is 0 Å². The van der Waals surface area contributed by atoms with E-state index in [4.69, 9.17) is 37.9 Å². The molecule has 0 aromatic carbocycles. The van der Waals surface area contributed by atoms with Crippen molar-refractivity contribution in [3.63, 3.8) is 0 Å². The third-order valence-electron chi connectivity index (χ3n) is 7.83. The summed E-state index contributed by atoms with van der Waals surface area (Å²) in [5, 5.41) is 0. The van der Waals surface area contributed by atoms with E-state index in [1.165, 1.54) is 0 Å². The molecule has 0 aliphatic rings. The Bertz CT molecular complexity index is 584. The first-order valence-corrected chi connectivity index (χ1v) is 26.7. The van der Waals surface area contributed by atoms with Gasteiger partial charge in [0.15, 0.2) is 0 Å². The summed E-state index contributed by atoms with van der Waals surface area (Å²) in [7, 11) is -2.23. The van der Waals surface area contributed by atoms with Gasteiger partial charge < -0.3 is 47.7 Å². The lowest BCUT2D eigenvalue weighted by molar-refractivity contribution is -0.0830. The number of ether oxygens (including phenoxy) is 8. The van der Waals surface area contributed by atoms with Gasteiger partial charge in [0.05, 0.1) is 38.1 Å². The molecule has 0 bridgehead atoms. The molecule has 48 heavy (non-hydrogen) atoms. The SMILES string of the molecule is CCOC(OCC)[SiH2]CCCN(CCC[SiH2]C(OCC)OCC)C(=O)N(CCC[SiH2]C(OCC)OCC)CCC[SiH2]C(OCC)OCC. The van der Waals surface area contributed by atoms with Crippen LogP contribution in [0.1, 0.15) is 81.1 Å². The van der Waals surface area contributed by atoms with Crippen molar-refractivity contribution in [1.29, 1.82) is 0 Å². The molecule has 0 fully saturated rings. The lowest BCUT2D eigenvalue weighted by Crippen LogP contribution is -2.45. The van der Waals surface area contributed by atoms with Gasteiger partial charge in [0.2, 0.25) is 0 Å². The Morgan fingerprint density at radius 1 is 0.396 bits per heavy atom. The number of carbonyl (C=O) groups excluding carboxylic acids is 1. The number of urea groups is 1. The van der Waals surface area contributed by atoms with Gasteiger partial charge in [-0.25, -0.2) is 4.79 Å². The van der Waals surface area contributed by atoms with Crippen LogP contribution in [0.5, 0.6) is 0 Å². The first-order valence-electron chi connectivity index (χ1n) is 19.4. The van der Waals surface area contributed by atoms with Crippen LogP contribution in [0.25, 0.3) is 0 Å². The third kappa shape index (κ3) is 25.7. The summed E-state index contributed by atoms with van der Waals surface area (Å²) in [6.45, 7) is 24.6. The molecule has 0 radical (unpaired) electrons. The van der Waals surface area contributed by atoms with Gasteiger partial charge in [0, 0.05) is 79.0 Å². The molecule has 0 saturated heterocycles. The molecule has 0 aliphatic carbocycles. The Balaban J connectivity index is 5.57. The van der Waals surface area contributed by atoms with E-state index in [0.29, 0.717) is 52.9 Å². The molecule has 0 aromatic rings. The lowest BCUT2D eigenvalue weighted by Gasteiger charge is -2.32. The summed E-state index contributed by atoms with van der Waals surface area (Å²) < 4.78 is 46.6. The number of hydrogen-bond donors (Lipinski definition) is 0. The van der Waals surface area contributed by atoms with E-state index in [9.17, 15) is 4.79 Å². The average molecular weight is 757 g/mol. The molecular weight excluding hydrogens is 681 g/mol. The molecule has 0 spiro atoms. The lowest BCUT2D eigenvalue weighted by atomic mass is 10.3. The van der Waals surface area contributed by atoms with E-state index in [0.717, 1.165) is 76.0 Å². The molecule has 0 unspecified atom stereocenters. The molecule has 11 nitrogen and oxygen atoms in total. The van der Waals surface area contributed by atoms with Crippen LogP contribution < -0.4 is 0 Å². The number of amides is 2. The fourth-order valence-corrected chi connectivity index (χ4v) is 12.2. The van der Waals surface area contributed by atoms with Crippen LogP contribution in [0.15, 0.2) is 0 Å². The number of rotatable bonds is 36. The minimum absolute atomic E-state index is 0.0385. The zero-order valence-corrected chi connectivity index (χ0v) is 38.0. The minimum atomic E-state index is -0.557. The van der Waals surface area contributed by atoms with Gasteiger partial charge in [-0.15, -0.1) is 0 Å². The molecule has 0 atom stereocenters. The maximum Gasteiger partial charge on any atom is 0.319 e. The van der Waals surface area contributed by atoms with Crippen molar-refractivity contribution in [2.45, 2.75) is 129 Å². The summed E-state index contributed by atoms with van der Waals surface area (Å²) >= 11 is 0. The fourth-order valence-electron chi connectivity index (χ4n) is 5.61. The number of hydrogen-bond acceptors (Lipinski definition) is 9. The van der Waals surface area contributed by atoms with Gasteiger partial charge in [0.25, 0.3) is 0 Å². The highest BCUT2D eigenvalue weighted by molar-refractivity contribution is 6.37. The van der Waals surface area contributed by atoms with Crippen molar-refractivity contribution in [2.24, 2.45) is 0 Å². The van der Waals surface area contributed by atoms with E-state index in [-0.39, 0.29) is 29.7 Å². The van der Waals surface area contributed by atoms with E-state index in [1.807, 2.05) is 55.4 Å². The second-order valence-corrected chi connectivity index (χ2v) is 19.4. The van der Waals surface area contributed by atoms with Crippen molar-refractivity contribution >= 4 is 44.1 Å². The van der Waals surface area contributed by atoms with Gasteiger partial charge in [-0.1, -0.05) is 24.2 Å². The molecule has 0 aliphatic heterocycles. The first-order chi connectivity index (χ1) is 23.4. The van der Waals surface area contributed by atoms with Crippen molar-refractivity contribution in [3.8, 4) is 0 Å². The topological polar surface area (TPSA) is 97.4 Å². The van der Waals surface area contributed by atoms with E-state index >= 15 is 0 Å².